The maximum Gasteiger partial charge on any atom is 0.258 e. The Balaban J connectivity index is 0.00000442. The summed E-state index contributed by atoms with van der Waals surface area (Å²) in [6, 6.07) is 23.7. The molecule has 0 saturated heterocycles. The Morgan fingerprint density at radius 1 is 0.909 bits per heavy atom. The lowest BCUT2D eigenvalue weighted by molar-refractivity contribution is -0.128. The monoisotopic (exact) mass is 614 g/mol. The van der Waals surface area contributed by atoms with E-state index in [1.54, 1.807) is 68.4 Å². The van der Waals surface area contributed by atoms with Crippen molar-refractivity contribution in [2.45, 2.75) is 32.5 Å². The molecule has 0 bridgehead atoms. The number of nitrogens with one attached hydrogen (secondary N) is 2. The molecule has 1 heterocycles. The number of benzene rings is 4. The number of rotatable bonds is 8. The molecule has 1 aliphatic heterocycles. The Kier molecular flexibility index (Phi) is 10.0. The molecule has 3 amide bonds. The lowest BCUT2D eigenvalue weighted by Crippen LogP contribution is -2.55. The summed E-state index contributed by atoms with van der Waals surface area (Å²) in [4.78, 5) is 56.4. The number of para-hydroxylation sites is 2. The fraction of sp³-hybridized carbons (Fsp3) is 0.235. The van der Waals surface area contributed by atoms with E-state index < -0.39 is 12.1 Å². The number of fused-ring (bicyclic) bond motifs is 2. The number of hydrogen-bond acceptors (Lipinski definition) is 6. The van der Waals surface area contributed by atoms with Crippen molar-refractivity contribution in [1.29, 1.82) is 0 Å². The predicted molar refractivity (Wildman–Crippen MR) is 174 cm³/mol. The van der Waals surface area contributed by atoms with Crippen molar-refractivity contribution in [3.05, 3.63) is 102 Å². The number of nitrogens with zero attached hydrogens (tertiary/aromatic N) is 2. The highest BCUT2D eigenvalue weighted by atomic mass is 35.5. The first-order valence-corrected chi connectivity index (χ1v) is 14.1. The number of Topliss-reactive ketones (excluding diaryl/α,β-unsaturated/α-hetero) is 1. The van der Waals surface area contributed by atoms with Crippen molar-refractivity contribution in [3.8, 4) is 5.75 Å². The second-order valence-electron chi connectivity index (χ2n) is 10.5. The fourth-order valence-corrected chi connectivity index (χ4v) is 5.31. The summed E-state index contributed by atoms with van der Waals surface area (Å²) in [6.45, 7) is 3.22. The van der Waals surface area contributed by atoms with Gasteiger partial charge in [-0.1, -0.05) is 54.6 Å². The van der Waals surface area contributed by atoms with Gasteiger partial charge in [0.25, 0.3) is 11.8 Å². The summed E-state index contributed by atoms with van der Waals surface area (Å²) >= 11 is 0. The Morgan fingerprint density at radius 3 is 2.20 bits per heavy atom. The molecule has 0 saturated carbocycles. The standard InChI is InChI=1S/C34H34N4O5.ClH/c1-21(35-3)32(40)36-28-20-38(33(41)25-15-13-23(14-16-25)22(2)39)30-12-8-7-11-29(30)37(34(28)42)19-27-26-10-6-5-9-24(26)17-18-31(27)43-4;/h5-18,21,28,35H,19-20H2,1-4H3,(H,36,40);1H/t21-,28-;/m0./s1. The zero-order valence-corrected chi connectivity index (χ0v) is 25.8. The summed E-state index contributed by atoms with van der Waals surface area (Å²) in [5.41, 5.74) is 2.69. The van der Waals surface area contributed by atoms with Gasteiger partial charge in [0.15, 0.2) is 5.78 Å². The molecule has 2 N–H and O–H groups in total. The minimum atomic E-state index is -1.04. The summed E-state index contributed by atoms with van der Waals surface area (Å²) < 4.78 is 5.73. The number of amides is 3. The predicted octanol–water partition coefficient (Wildman–Crippen LogP) is 4.76. The molecule has 5 rings (SSSR count). The van der Waals surface area contributed by atoms with E-state index in [0.29, 0.717) is 28.3 Å². The molecule has 4 aromatic carbocycles. The molecule has 9 nitrogen and oxygen atoms in total. The van der Waals surface area contributed by atoms with Crippen LogP contribution in [0.15, 0.2) is 84.9 Å². The largest absolute Gasteiger partial charge is 0.496 e. The molecule has 228 valence electrons. The summed E-state index contributed by atoms with van der Waals surface area (Å²) in [5.74, 6) is -0.573. The van der Waals surface area contributed by atoms with Crippen LogP contribution in [-0.2, 0) is 16.1 Å². The molecule has 1 aliphatic rings. The summed E-state index contributed by atoms with van der Waals surface area (Å²) in [7, 11) is 3.25. The Bertz CT molecular complexity index is 1710. The maximum atomic E-state index is 14.4. The van der Waals surface area contributed by atoms with Gasteiger partial charge in [0.05, 0.1) is 37.6 Å². The van der Waals surface area contributed by atoms with Crippen LogP contribution in [-0.4, -0.2) is 56.3 Å². The third-order valence-electron chi connectivity index (χ3n) is 7.85. The van der Waals surface area contributed by atoms with Gasteiger partial charge in [-0.05, 0) is 62.0 Å². The first-order valence-electron chi connectivity index (χ1n) is 14.1. The quantitative estimate of drug-likeness (QED) is 0.277. The molecule has 10 heteroatoms. The van der Waals surface area contributed by atoms with E-state index in [1.165, 1.54) is 11.8 Å². The minimum Gasteiger partial charge on any atom is -0.496 e. The highest BCUT2D eigenvalue weighted by Crippen LogP contribution is 2.37. The van der Waals surface area contributed by atoms with Gasteiger partial charge in [0.2, 0.25) is 5.91 Å². The molecule has 2 atom stereocenters. The van der Waals surface area contributed by atoms with Gasteiger partial charge >= 0.3 is 0 Å². The van der Waals surface area contributed by atoms with Gasteiger partial charge in [-0.3, -0.25) is 19.2 Å². The average molecular weight is 615 g/mol. The van der Waals surface area contributed by atoms with Crippen LogP contribution < -0.4 is 25.2 Å². The van der Waals surface area contributed by atoms with Crippen molar-refractivity contribution in [1.82, 2.24) is 10.6 Å². The van der Waals surface area contributed by atoms with Crippen LogP contribution in [0.3, 0.4) is 0 Å². The Labute approximate surface area is 262 Å². The number of anilines is 2. The van der Waals surface area contributed by atoms with E-state index in [0.717, 1.165) is 16.3 Å². The van der Waals surface area contributed by atoms with Crippen molar-refractivity contribution in [3.63, 3.8) is 0 Å². The van der Waals surface area contributed by atoms with E-state index >= 15 is 0 Å². The maximum absolute atomic E-state index is 14.4. The smallest absolute Gasteiger partial charge is 0.258 e. The molecule has 0 fully saturated rings. The number of carbonyl (C=O) groups is 4. The number of halogens is 1. The van der Waals surface area contributed by atoms with Crippen LogP contribution in [0.4, 0.5) is 11.4 Å². The van der Waals surface area contributed by atoms with Crippen LogP contribution in [0.5, 0.6) is 5.75 Å². The second kappa shape index (κ2) is 13.7. The van der Waals surface area contributed by atoms with Crippen LogP contribution in [0.2, 0.25) is 0 Å². The van der Waals surface area contributed by atoms with Crippen molar-refractivity contribution >= 4 is 58.1 Å². The molecule has 4 aromatic rings. The van der Waals surface area contributed by atoms with E-state index in [4.69, 9.17) is 4.74 Å². The van der Waals surface area contributed by atoms with Crippen molar-refractivity contribution < 1.29 is 23.9 Å². The first kappa shape index (κ1) is 32.2. The lowest BCUT2D eigenvalue weighted by atomic mass is 10.0. The molecular weight excluding hydrogens is 580 g/mol. The van der Waals surface area contributed by atoms with E-state index in [9.17, 15) is 19.2 Å². The van der Waals surface area contributed by atoms with Crippen molar-refractivity contribution in [2.24, 2.45) is 0 Å². The molecular formula is C34H35ClN4O5. The van der Waals surface area contributed by atoms with Gasteiger partial charge in [-0.15, -0.1) is 12.4 Å². The van der Waals surface area contributed by atoms with Crippen LogP contribution in [0.25, 0.3) is 10.8 Å². The molecule has 0 aromatic heterocycles. The number of ether oxygens (including phenoxy) is 1. The zero-order valence-electron chi connectivity index (χ0n) is 25.0. The highest BCUT2D eigenvalue weighted by Gasteiger charge is 2.38. The van der Waals surface area contributed by atoms with Gasteiger partial charge in [0, 0.05) is 16.7 Å². The number of hydrogen-bond donors (Lipinski definition) is 2. The average Bonchev–Trinajstić information content (AvgIpc) is 3.14. The second-order valence-corrected chi connectivity index (χ2v) is 10.5. The molecule has 0 aliphatic carbocycles. The highest BCUT2D eigenvalue weighted by molar-refractivity contribution is 6.13. The molecule has 0 unspecified atom stereocenters. The first-order chi connectivity index (χ1) is 20.7. The SMILES string of the molecule is CN[C@@H](C)C(=O)N[C@H]1CN(C(=O)c2ccc(C(C)=O)cc2)c2ccccc2N(Cc2c(OC)ccc3ccccc23)C1=O.Cl. The van der Waals surface area contributed by atoms with Crippen LogP contribution >= 0.6 is 12.4 Å². The van der Waals surface area contributed by atoms with Gasteiger partial charge in [0.1, 0.15) is 11.8 Å². The molecule has 44 heavy (non-hydrogen) atoms. The minimum absolute atomic E-state index is 0. The summed E-state index contributed by atoms with van der Waals surface area (Å²) in [6.07, 6.45) is 0. The normalized spacial score (nSPS) is 15.1. The Hall–Kier alpha value is -4.73. The molecule has 0 spiro atoms. The lowest BCUT2D eigenvalue weighted by Gasteiger charge is -2.27. The topological polar surface area (TPSA) is 108 Å². The van der Waals surface area contributed by atoms with Crippen LogP contribution in [0.1, 0.15) is 40.1 Å². The third-order valence-corrected chi connectivity index (χ3v) is 7.85. The summed E-state index contributed by atoms with van der Waals surface area (Å²) in [5, 5.41) is 7.70. The molecule has 0 radical (unpaired) electrons. The van der Waals surface area contributed by atoms with Gasteiger partial charge < -0.3 is 25.2 Å². The van der Waals surface area contributed by atoms with Crippen molar-refractivity contribution in [2.75, 3.05) is 30.5 Å². The van der Waals surface area contributed by atoms with E-state index in [-0.39, 0.29) is 49.0 Å². The van der Waals surface area contributed by atoms with E-state index in [1.807, 2.05) is 42.5 Å². The van der Waals surface area contributed by atoms with E-state index in [2.05, 4.69) is 10.6 Å². The third kappa shape index (κ3) is 6.29. The number of likely N-dealkylation sites (N-methyl/N-ethyl adjacent to an activating group) is 1. The number of carbonyl (C=O) groups excluding carboxylic acids is 4. The van der Waals surface area contributed by atoms with Gasteiger partial charge in [-0.2, -0.15) is 0 Å². The zero-order chi connectivity index (χ0) is 30.7. The van der Waals surface area contributed by atoms with Crippen LogP contribution in [0, 0.1) is 0 Å². The Morgan fingerprint density at radius 2 is 1.55 bits per heavy atom. The number of methoxy groups -OCH3 is 1. The fourth-order valence-electron chi connectivity index (χ4n) is 5.31. The van der Waals surface area contributed by atoms with Gasteiger partial charge in [-0.25, -0.2) is 0 Å². The number of ketones is 1.